The van der Waals surface area contributed by atoms with Gasteiger partial charge in [-0.05, 0) is 153 Å². The molecule has 21 nitrogen and oxygen atoms in total. The first-order valence-corrected chi connectivity index (χ1v) is 28.3. The number of nitrogens with one attached hydrogen (secondary N) is 1. The van der Waals surface area contributed by atoms with E-state index in [1.807, 2.05) is 97.9 Å². The summed E-state index contributed by atoms with van der Waals surface area (Å²) in [5, 5.41) is 25.0. The van der Waals surface area contributed by atoms with Crippen molar-refractivity contribution in [1.82, 2.24) is 20.3 Å². The van der Waals surface area contributed by atoms with Crippen molar-refractivity contribution in [3.8, 4) is 17.2 Å². The van der Waals surface area contributed by atoms with Gasteiger partial charge in [-0.25, -0.2) is 14.4 Å². The Kier molecular flexibility index (Phi) is 29.0. The molecular formula is C62H79N5O16S. The average Bonchev–Trinajstić information content (AvgIpc) is 4.06. The Bertz CT molecular complexity index is 3010. The first-order chi connectivity index (χ1) is 39.8. The predicted octanol–water partition coefficient (Wildman–Crippen LogP) is 11.1. The number of hydrogen-bond acceptors (Lipinski definition) is 20. The molecular weight excluding hydrogens is 1100 g/mol. The molecule has 4 aromatic carbocycles. The molecule has 1 heterocycles. The number of alkyl carbamates (subject to hydrolysis) is 1. The van der Waals surface area contributed by atoms with Crippen LogP contribution in [-0.4, -0.2) is 113 Å². The van der Waals surface area contributed by atoms with E-state index in [-0.39, 0.29) is 74.4 Å². The maximum Gasteiger partial charge on any atom is 0.407 e. The number of nitrogens with zero attached hydrogens (tertiary/aromatic N) is 4. The molecule has 5 rings (SSSR count). The fraction of sp³-hybridized carbons (Fsp3) is 0.435. The van der Waals surface area contributed by atoms with Gasteiger partial charge in [0.25, 0.3) is 0 Å². The number of benzene rings is 4. The van der Waals surface area contributed by atoms with Crippen LogP contribution in [0.2, 0.25) is 0 Å². The van der Waals surface area contributed by atoms with Crippen LogP contribution < -0.4 is 10.1 Å². The molecule has 0 spiro atoms. The largest absolute Gasteiger partial charge is 0.506 e. The van der Waals surface area contributed by atoms with E-state index in [4.69, 9.17) is 28.5 Å². The van der Waals surface area contributed by atoms with Crippen LogP contribution in [0.4, 0.5) is 4.79 Å². The molecule has 2 N–H and O–H groups in total. The van der Waals surface area contributed by atoms with Crippen molar-refractivity contribution in [3.05, 3.63) is 115 Å². The highest BCUT2D eigenvalue weighted by Gasteiger charge is 2.29. The zero-order valence-electron chi connectivity index (χ0n) is 49.9. The molecule has 0 unspecified atom stereocenters. The van der Waals surface area contributed by atoms with Gasteiger partial charge >= 0.3 is 41.9 Å². The van der Waals surface area contributed by atoms with Crippen LogP contribution in [0.3, 0.4) is 0 Å². The lowest BCUT2D eigenvalue weighted by atomic mass is 9.91. The van der Waals surface area contributed by atoms with Gasteiger partial charge in [0.05, 0.1) is 48.8 Å². The Morgan fingerprint density at radius 1 is 0.643 bits per heavy atom. The third-order valence-corrected chi connectivity index (χ3v) is 13.8. The molecule has 0 aliphatic carbocycles. The summed E-state index contributed by atoms with van der Waals surface area (Å²) in [6, 6.07) is 26.9. The number of fused-ring (bicyclic) bond motifs is 1. The molecule has 0 aliphatic rings. The Morgan fingerprint density at radius 2 is 1.18 bits per heavy atom. The Balaban J connectivity index is 0.000000346. The number of aromatic hydroxyl groups is 1. The fourth-order valence-corrected chi connectivity index (χ4v) is 6.98. The summed E-state index contributed by atoms with van der Waals surface area (Å²) >= 11 is 1.49. The minimum absolute atomic E-state index is 0.00112. The number of esters is 5. The number of Topliss-reactive ketones (excluding diaryl/α,β-unsaturated/α-hetero) is 1. The normalized spacial score (nSPS) is 11.3. The summed E-state index contributed by atoms with van der Waals surface area (Å²) in [4.78, 5) is 102. The van der Waals surface area contributed by atoms with Crippen LogP contribution in [0.25, 0.3) is 16.7 Å². The highest BCUT2D eigenvalue weighted by Crippen LogP contribution is 2.31. The van der Waals surface area contributed by atoms with Crippen molar-refractivity contribution in [1.29, 1.82) is 0 Å². The number of ketones is 1. The van der Waals surface area contributed by atoms with Crippen LogP contribution in [-0.2, 0) is 63.7 Å². The molecule has 0 atom stereocenters. The second kappa shape index (κ2) is 34.9. The molecule has 22 heteroatoms. The smallest absolute Gasteiger partial charge is 0.407 e. The number of oxime groups is 1. The second-order valence-electron chi connectivity index (χ2n) is 20.6. The van der Waals surface area contributed by atoms with Gasteiger partial charge in [-0.3, -0.25) is 24.0 Å². The second-order valence-corrected chi connectivity index (χ2v) is 21.8. The third kappa shape index (κ3) is 24.2. The SMILES string of the molecule is C=CC(=O)OCCNC(=O)OCCOC(=O)C(C)(C)CC.CCC(C)(C)C(=O)OCCc1ccc(O)c(-n2nc3ccccc3n2)c1.CCCOC(=O)CCC(=O)O/N=C(\C)C(=O)c1ccc(Sc2ccc(OC(=O)C(C)(C)CC)cc2)cc1. The monoisotopic (exact) mass is 1180 g/mol. The molecule has 0 aliphatic heterocycles. The van der Waals surface area contributed by atoms with Crippen LogP contribution in [0, 0.1) is 16.2 Å². The summed E-state index contributed by atoms with van der Waals surface area (Å²) in [5.41, 5.74) is 1.79. The lowest BCUT2D eigenvalue weighted by Crippen LogP contribution is -2.31. The lowest BCUT2D eigenvalue weighted by Gasteiger charge is -2.20. The van der Waals surface area contributed by atoms with E-state index in [2.05, 4.69) is 32.0 Å². The Hall–Kier alpha value is -8.40. The molecule has 5 aromatic rings. The summed E-state index contributed by atoms with van der Waals surface area (Å²) in [5.74, 6) is -2.35. The van der Waals surface area contributed by atoms with Crippen LogP contribution in [0.15, 0.2) is 119 Å². The molecule has 0 fully saturated rings. The van der Waals surface area contributed by atoms with Gasteiger partial charge in [0.2, 0.25) is 5.78 Å². The fourth-order valence-electron chi connectivity index (χ4n) is 6.16. The van der Waals surface area contributed by atoms with Crippen molar-refractivity contribution in [3.63, 3.8) is 0 Å². The van der Waals surface area contributed by atoms with E-state index in [1.165, 1.54) is 23.5 Å². The van der Waals surface area contributed by atoms with Gasteiger partial charge in [0, 0.05) is 27.9 Å². The first kappa shape index (κ1) is 69.9. The van der Waals surface area contributed by atoms with E-state index in [1.54, 1.807) is 62.4 Å². The van der Waals surface area contributed by atoms with Crippen LogP contribution >= 0.6 is 11.8 Å². The Morgan fingerprint density at radius 3 is 1.74 bits per heavy atom. The van der Waals surface area contributed by atoms with Crippen molar-refractivity contribution < 1.29 is 76.7 Å². The molecule has 0 saturated carbocycles. The van der Waals surface area contributed by atoms with Gasteiger partial charge in [0.15, 0.2) is 0 Å². The van der Waals surface area contributed by atoms with Crippen molar-refractivity contribution >= 4 is 76.2 Å². The van der Waals surface area contributed by atoms with Crippen molar-refractivity contribution in [2.24, 2.45) is 21.4 Å². The molecule has 0 bridgehead atoms. The maximum absolute atomic E-state index is 12.6. The van der Waals surface area contributed by atoms with Crippen LogP contribution in [0.5, 0.6) is 11.5 Å². The standard InChI is InChI=1S/C28H33NO7S.C20H23N3O3.C14H23NO6/c1-6-18-34-24(30)16-17-25(31)36-29-19(3)26(32)20-8-12-22(13-9-20)37-23-14-10-21(11-15-23)35-27(33)28(4,5)7-2;1-4-20(2,3)19(25)26-12-11-14-9-10-18(24)17(13-14)23-21-15-7-5-6-8-16(15)22-23;1-5-11(16)19-8-7-15-13(18)21-10-9-20-12(17)14(3,4)6-2/h8-15H,6-7,16-18H2,1-5H3;5-10,13,24H,4,11-12H2,1-3H3;5H,1,6-10H2,2-4H3,(H,15,18)/b29-19+;;. The summed E-state index contributed by atoms with van der Waals surface area (Å²) in [6.07, 6.45) is 3.41. The van der Waals surface area contributed by atoms with Gasteiger partial charge < -0.3 is 43.7 Å². The minimum Gasteiger partial charge on any atom is -0.506 e. The third-order valence-electron chi connectivity index (χ3n) is 12.8. The number of phenolic OH excluding ortho intramolecular Hbond substituents is 1. The predicted molar refractivity (Wildman–Crippen MR) is 316 cm³/mol. The number of carbonyl (C=O) groups is 8. The van der Waals surface area contributed by atoms with Crippen molar-refractivity contribution in [2.75, 3.05) is 39.6 Å². The molecule has 454 valence electrons. The number of phenols is 1. The highest BCUT2D eigenvalue weighted by atomic mass is 32.2. The number of aromatic nitrogens is 3. The number of hydrogen-bond donors (Lipinski definition) is 2. The highest BCUT2D eigenvalue weighted by molar-refractivity contribution is 7.99. The average molecular weight is 1180 g/mol. The van der Waals surface area contributed by atoms with Crippen molar-refractivity contribution in [2.45, 2.75) is 131 Å². The molecule has 0 saturated heterocycles. The molecule has 1 amide bonds. The number of amides is 1. The van der Waals surface area contributed by atoms with E-state index in [9.17, 15) is 43.5 Å². The number of carbonyl (C=O) groups excluding carboxylic acids is 8. The number of rotatable bonds is 28. The van der Waals surface area contributed by atoms with Gasteiger partial charge in [-0.1, -0.05) is 69.4 Å². The summed E-state index contributed by atoms with van der Waals surface area (Å²) in [6.45, 7) is 24.1. The van der Waals surface area contributed by atoms with Gasteiger partial charge in [-0.2, -0.15) is 0 Å². The molecule has 1 aromatic heterocycles. The zero-order chi connectivity index (χ0) is 62.5. The first-order valence-electron chi connectivity index (χ1n) is 27.5. The van der Waals surface area contributed by atoms with E-state index in [0.717, 1.165) is 38.9 Å². The Labute approximate surface area is 495 Å². The maximum atomic E-state index is 12.6. The zero-order valence-corrected chi connectivity index (χ0v) is 50.7. The van der Waals surface area contributed by atoms with E-state index in [0.29, 0.717) is 55.9 Å². The molecule has 0 radical (unpaired) electrons. The van der Waals surface area contributed by atoms with E-state index < -0.39 is 40.2 Å². The lowest BCUT2D eigenvalue weighted by molar-refractivity contribution is -0.155. The summed E-state index contributed by atoms with van der Waals surface area (Å²) in [7, 11) is 0. The number of ether oxygens (including phenoxy) is 6. The van der Waals surface area contributed by atoms with Gasteiger partial charge in [-0.15, -0.1) is 15.0 Å². The van der Waals surface area contributed by atoms with E-state index >= 15 is 0 Å². The molecule has 84 heavy (non-hydrogen) atoms. The van der Waals surface area contributed by atoms with Gasteiger partial charge in [0.1, 0.15) is 53.8 Å². The summed E-state index contributed by atoms with van der Waals surface area (Å²) < 4.78 is 30.2. The van der Waals surface area contributed by atoms with Crippen LogP contribution in [0.1, 0.15) is 131 Å². The topological polar surface area (TPSA) is 276 Å². The minimum atomic E-state index is -0.720. The quantitative estimate of drug-likeness (QED) is 0.00542.